The largest absolute Gasteiger partial charge is 0.481 e. The van der Waals surface area contributed by atoms with E-state index in [4.69, 9.17) is 16.3 Å². The van der Waals surface area contributed by atoms with E-state index in [0.29, 0.717) is 5.56 Å². The zero-order valence-electron chi connectivity index (χ0n) is 9.83. The van der Waals surface area contributed by atoms with E-state index in [-0.39, 0.29) is 16.6 Å². The van der Waals surface area contributed by atoms with Gasteiger partial charge in [0.2, 0.25) is 5.88 Å². The van der Waals surface area contributed by atoms with E-state index in [0.717, 1.165) is 6.07 Å². The summed E-state index contributed by atoms with van der Waals surface area (Å²) in [5, 5.41) is 0.0753. The molecule has 0 amide bonds. The van der Waals surface area contributed by atoms with E-state index in [1.807, 2.05) is 0 Å². The lowest BCUT2D eigenvalue weighted by molar-refractivity contribution is -0.137. The Labute approximate surface area is 112 Å². The van der Waals surface area contributed by atoms with Crippen molar-refractivity contribution >= 4 is 11.6 Å². The first-order valence-electron chi connectivity index (χ1n) is 5.30. The number of pyridine rings is 1. The van der Waals surface area contributed by atoms with Crippen LogP contribution in [0.2, 0.25) is 5.15 Å². The maximum Gasteiger partial charge on any atom is 0.417 e. The van der Waals surface area contributed by atoms with Crippen LogP contribution in [-0.2, 0) is 6.18 Å². The summed E-state index contributed by atoms with van der Waals surface area (Å²) in [6.07, 6.45) is -4.43. The quantitative estimate of drug-likeness (QED) is 0.762. The molecule has 0 saturated heterocycles. The highest BCUT2D eigenvalue weighted by Gasteiger charge is 2.33. The van der Waals surface area contributed by atoms with Crippen LogP contribution in [0.3, 0.4) is 0 Å². The lowest BCUT2D eigenvalue weighted by Crippen LogP contribution is -2.07. The van der Waals surface area contributed by atoms with Crippen molar-refractivity contribution in [3.8, 4) is 17.0 Å². The van der Waals surface area contributed by atoms with Gasteiger partial charge in [0.05, 0.1) is 12.7 Å². The Hall–Kier alpha value is -1.75. The number of hydrogen-bond acceptors (Lipinski definition) is 2. The summed E-state index contributed by atoms with van der Waals surface area (Å²) in [7, 11) is 1.37. The average molecular weight is 288 g/mol. The van der Waals surface area contributed by atoms with Gasteiger partial charge in [0.15, 0.2) is 0 Å². The van der Waals surface area contributed by atoms with Gasteiger partial charge < -0.3 is 4.74 Å². The van der Waals surface area contributed by atoms with Crippen LogP contribution in [0.4, 0.5) is 13.2 Å². The number of methoxy groups -OCH3 is 1. The molecule has 2 aromatic rings. The van der Waals surface area contributed by atoms with Crippen LogP contribution < -0.4 is 4.74 Å². The predicted octanol–water partition coefficient (Wildman–Crippen LogP) is 4.43. The molecule has 1 heterocycles. The Morgan fingerprint density at radius 3 is 2.47 bits per heavy atom. The summed E-state index contributed by atoms with van der Waals surface area (Å²) in [4.78, 5) is 3.83. The van der Waals surface area contributed by atoms with Crippen molar-refractivity contribution in [1.82, 2.24) is 4.98 Å². The molecule has 2 nitrogen and oxygen atoms in total. The zero-order chi connectivity index (χ0) is 14.0. The molecule has 0 aliphatic carbocycles. The first kappa shape index (κ1) is 13.7. The number of nitrogens with zero attached hydrogens (tertiary/aromatic N) is 1. The van der Waals surface area contributed by atoms with Crippen LogP contribution in [0.1, 0.15) is 5.56 Å². The summed E-state index contributed by atoms with van der Waals surface area (Å²) >= 11 is 5.77. The maximum atomic E-state index is 12.9. The van der Waals surface area contributed by atoms with Gasteiger partial charge in [-0.05, 0) is 23.3 Å². The fourth-order valence-electron chi connectivity index (χ4n) is 1.71. The van der Waals surface area contributed by atoms with Gasteiger partial charge in [-0.15, -0.1) is 0 Å². The molecule has 0 fully saturated rings. The highest BCUT2D eigenvalue weighted by atomic mass is 35.5. The predicted molar refractivity (Wildman–Crippen MR) is 66.2 cm³/mol. The van der Waals surface area contributed by atoms with Crippen molar-refractivity contribution < 1.29 is 17.9 Å². The second kappa shape index (κ2) is 5.09. The number of hydrogen-bond donors (Lipinski definition) is 0. The van der Waals surface area contributed by atoms with Crippen LogP contribution in [0.25, 0.3) is 11.1 Å². The summed E-state index contributed by atoms with van der Waals surface area (Å²) < 4.78 is 43.7. The average Bonchev–Trinajstić information content (AvgIpc) is 2.37. The van der Waals surface area contributed by atoms with Crippen molar-refractivity contribution in [3.63, 3.8) is 0 Å². The van der Waals surface area contributed by atoms with Crippen molar-refractivity contribution in [2.75, 3.05) is 7.11 Å². The third-order valence-corrected chi connectivity index (χ3v) is 2.72. The van der Waals surface area contributed by atoms with Gasteiger partial charge in [-0.1, -0.05) is 29.8 Å². The molecule has 0 spiro atoms. The SMILES string of the molecule is COc1cc(-c2ccccc2C(F)(F)F)cc(Cl)n1. The van der Waals surface area contributed by atoms with Gasteiger partial charge in [-0.2, -0.15) is 13.2 Å². The molecule has 100 valence electrons. The van der Waals surface area contributed by atoms with Crippen LogP contribution in [0.15, 0.2) is 36.4 Å². The fraction of sp³-hybridized carbons (Fsp3) is 0.154. The van der Waals surface area contributed by atoms with Crippen LogP contribution >= 0.6 is 11.6 Å². The molecule has 0 N–H and O–H groups in total. The number of ether oxygens (including phenoxy) is 1. The summed E-state index contributed by atoms with van der Waals surface area (Å²) in [5.41, 5.74) is -0.373. The molecular formula is C13H9ClF3NO. The van der Waals surface area contributed by atoms with E-state index < -0.39 is 11.7 Å². The Balaban J connectivity index is 2.62. The first-order valence-corrected chi connectivity index (χ1v) is 5.68. The molecule has 0 aliphatic heterocycles. The third-order valence-electron chi connectivity index (χ3n) is 2.52. The molecule has 2 rings (SSSR count). The number of benzene rings is 1. The van der Waals surface area contributed by atoms with Gasteiger partial charge >= 0.3 is 6.18 Å². The molecule has 1 aromatic carbocycles. The highest BCUT2D eigenvalue weighted by Crippen LogP contribution is 2.38. The fourth-order valence-corrected chi connectivity index (χ4v) is 1.92. The lowest BCUT2D eigenvalue weighted by Gasteiger charge is -2.13. The van der Waals surface area contributed by atoms with Crippen LogP contribution in [-0.4, -0.2) is 12.1 Å². The molecule has 6 heteroatoms. The minimum atomic E-state index is -4.43. The standard InChI is InChI=1S/C13H9ClF3NO/c1-19-12-7-8(6-11(14)18-12)9-4-2-3-5-10(9)13(15,16)17/h2-7H,1H3. The summed E-state index contributed by atoms with van der Waals surface area (Å²) in [6, 6.07) is 8.06. The zero-order valence-corrected chi connectivity index (χ0v) is 10.6. The number of aromatic nitrogens is 1. The molecule has 19 heavy (non-hydrogen) atoms. The van der Waals surface area contributed by atoms with E-state index in [1.165, 1.54) is 37.4 Å². The number of rotatable bonds is 2. The third kappa shape index (κ3) is 2.98. The molecule has 0 unspecified atom stereocenters. The number of halogens is 4. The van der Waals surface area contributed by atoms with E-state index in [2.05, 4.69) is 4.98 Å². The van der Waals surface area contributed by atoms with E-state index >= 15 is 0 Å². The van der Waals surface area contributed by atoms with Gasteiger partial charge in [-0.25, -0.2) is 4.98 Å². The summed E-state index contributed by atoms with van der Waals surface area (Å²) in [6.45, 7) is 0. The molecular weight excluding hydrogens is 279 g/mol. The van der Waals surface area contributed by atoms with Crippen molar-refractivity contribution in [1.29, 1.82) is 0 Å². The van der Waals surface area contributed by atoms with Crippen molar-refractivity contribution in [2.24, 2.45) is 0 Å². The molecule has 0 radical (unpaired) electrons. The van der Waals surface area contributed by atoms with Crippen molar-refractivity contribution in [2.45, 2.75) is 6.18 Å². The van der Waals surface area contributed by atoms with Crippen LogP contribution in [0, 0.1) is 0 Å². The molecule has 0 atom stereocenters. The minimum Gasteiger partial charge on any atom is -0.481 e. The highest BCUT2D eigenvalue weighted by molar-refractivity contribution is 6.29. The van der Waals surface area contributed by atoms with Crippen molar-refractivity contribution in [3.05, 3.63) is 47.1 Å². The van der Waals surface area contributed by atoms with Gasteiger partial charge in [0, 0.05) is 6.07 Å². The Morgan fingerprint density at radius 2 is 1.84 bits per heavy atom. The van der Waals surface area contributed by atoms with Gasteiger partial charge in [0.25, 0.3) is 0 Å². The number of alkyl halides is 3. The maximum absolute atomic E-state index is 12.9. The molecule has 0 bridgehead atoms. The van der Waals surface area contributed by atoms with E-state index in [9.17, 15) is 13.2 Å². The van der Waals surface area contributed by atoms with Gasteiger partial charge in [-0.3, -0.25) is 0 Å². The molecule has 0 saturated carbocycles. The lowest BCUT2D eigenvalue weighted by atomic mass is 10.0. The first-order chi connectivity index (χ1) is 8.91. The van der Waals surface area contributed by atoms with E-state index in [1.54, 1.807) is 0 Å². The minimum absolute atomic E-state index is 0.0394. The second-order valence-corrected chi connectivity index (χ2v) is 4.15. The summed E-state index contributed by atoms with van der Waals surface area (Å²) in [5.74, 6) is 0.166. The topological polar surface area (TPSA) is 22.1 Å². The normalized spacial score (nSPS) is 11.4. The Bertz CT molecular complexity index is 599. The molecule has 0 aliphatic rings. The van der Waals surface area contributed by atoms with Crippen LogP contribution in [0.5, 0.6) is 5.88 Å². The second-order valence-electron chi connectivity index (χ2n) is 3.76. The Morgan fingerprint density at radius 1 is 1.16 bits per heavy atom. The molecule has 1 aromatic heterocycles. The Kier molecular flexibility index (Phi) is 3.66. The van der Waals surface area contributed by atoms with Gasteiger partial charge in [0.1, 0.15) is 5.15 Å². The smallest absolute Gasteiger partial charge is 0.417 e. The monoisotopic (exact) mass is 287 g/mol.